The molecule has 1 fully saturated rings. The van der Waals surface area contributed by atoms with Gasteiger partial charge in [0.05, 0.1) is 11.5 Å². The first-order valence-corrected chi connectivity index (χ1v) is 13.5. The molecule has 3 rings (SSSR count). The van der Waals surface area contributed by atoms with Gasteiger partial charge in [-0.25, -0.2) is 8.42 Å². The van der Waals surface area contributed by atoms with Crippen molar-refractivity contribution in [2.45, 2.75) is 49.1 Å². The summed E-state index contributed by atoms with van der Waals surface area (Å²) in [4.78, 5) is 26.9. The molecule has 1 aliphatic heterocycles. The molecule has 0 radical (unpaired) electrons. The van der Waals surface area contributed by atoms with E-state index in [1.165, 1.54) is 18.5 Å². The number of likely N-dealkylation sites (tertiary alicyclic amines) is 1. The van der Waals surface area contributed by atoms with Gasteiger partial charge in [-0.3, -0.25) is 9.59 Å². The molecule has 1 heterocycles. The van der Waals surface area contributed by atoms with Crippen molar-refractivity contribution in [1.29, 1.82) is 0 Å². The molecule has 0 bridgehead atoms. The number of amides is 2. The van der Waals surface area contributed by atoms with Crippen molar-refractivity contribution in [3.05, 3.63) is 42.5 Å². The van der Waals surface area contributed by atoms with Gasteiger partial charge in [0.25, 0.3) is 0 Å². The van der Waals surface area contributed by atoms with Gasteiger partial charge in [0.1, 0.15) is 12.4 Å². The fourth-order valence-electron chi connectivity index (χ4n) is 4.24. The van der Waals surface area contributed by atoms with Crippen molar-refractivity contribution in [3.8, 4) is 0 Å². The molecular formula is C24H34N6O5S. The monoisotopic (exact) mass is 518 g/mol. The van der Waals surface area contributed by atoms with Gasteiger partial charge in [-0.15, -0.1) is 0 Å². The largest absolute Gasteiger partial charge is 0.394 e. The normalized spacial score (nSPS) is 16.9. The molecule has 2 aromatic carbocycles. The van der Waals surface area contributed by atoms with Gasteiger partial charge < -0.3 is 26.5 Å². The van der Waals surface area contributed by atoms with Crippen LogP contribution in [-0.2, 0) is 19.6 Å². The summed E-state index contributed by atoms with van der Waals surface area (Å²) in [6.07, 6.45) is 4.64. The first-order valence-electron chi connectivity index (χ1n) is 12.0. The number of nitrogens with two attached hydrogens (primary N) is 1. The lowest BCUT2D eigenvalue weighted by Gasteiger charge is -2.28. The molecule has 2 aromatic rings. The standard InChI is InChI=1S/C24H34N6O5S/c25-28-17-26-12-4-3-9-23(32)27-15-20-8-5-13-30(20)24(33)22(16-31)29-36(34,35)21-11-10-18-6-1-2-7-19(18)14-21/h1-2,6-7,10-11,14,17,20,22,29,31H,3-5,8-9,12-13,15-16,25H2,(H,26,28)(H,27,32). The van der Waals surface area contributed by atoms with Crippen molar-refractivity contribution in [3.63, 3.8) is 0 Å². The fourth-order valence-corrected chi connectivity index (χ4v) is 5.46. The third kappa shape index (κ3) is 7.39. The molecule has 2 atom stereocenters. The number of aliphatic hydroxyl groups excluding tert-OH is 1. The quantitative estimate of drug-likeness (QED) is 0.0833. The average molecular weight is 519 g/mol. The van der Waals surface area contributed by atoms with Crippen LogP contribution in [0.5, 0.6) is 0 Å². The van der Waals surface area contributed by atoms with E-state index in [2.05, 4.69) is 20.5 Å². The lowest BCUT2D eigenvalue weighted by molar-refractivity contribution is -0.135. The van der Waals surface area contributed by atoms with E-state index in [4.69, 9.17) is 5.84 Å². The van der Waals surface area contributed by atoms with Gasteiger partial charge >= 0.3 is 0 Å². The van der Waals surface area contributed by atoms with Crippen LogP contribution in [0, 0.1) is 0 Å². The summed E-state index contributed by atoms with van der Waals surface area (Å²) in [5, 5.41) is 20.6. The molecule has 196 valence electrons. The molecule has 0 saturated carbocycles. The van der Waals surface area contributed by atoms with E-state index < -0.39 is 28.6 Å². The lowest BCUT2D eigenvalue weighted by Crippen LogP contribution is -2.53. The molecule has 12 heteroatoms. The molecule has 2 unspecified atom stereocenters. The summed E-state index contributed by atoms with van der Waals surface area (Å²) in [5.41, 5.74) is 0. The second-order valence-electron chi connectivity index (χ2n) is 8.69. The number of hydrazone groups is 1. The number of sulfonamides is 1. The molecule has 0 aromatic heterocycles. The van der Waals surface area contributed by atoms with Crippen LogP contribution in [-0.4, -0.2) is 74.9 Å². The molecule has 0 aliphatic carbocycles. The van der Waals surface area contributed by atoms with Gasteiger partial charge in [0, 0.05) is 32.1 Å². The van der Waals surface area contributed by atoms with E-state index in [1.54, 1.807) is 17.0 Å². The van der Waals surface area contributed by atoms with Crippen LogP contribution in [0.2, 0.25) is 0 Å². The van der Waals surface area contributed by atoms with Crippen molar-refractivity contribution in [1.82, 2.24) is 20.3 Å². The minimum atomic E-state index is -4.05. The highest BCUT2D eigenvalue weighted by molar-refractivity contribution is 7.89. The Kier molecular flexibility index (Phi) is 10.0. The first kappa shape index (κ1) is 27.4. The number of hydrogen-bond donors (Lipinski definition) is 5. The van der Waals surface area contributed by atoms with E-state index >= 15 is 0 Å². The average Bonchev–Trinajstić information content (AvgIpc) is 3.36. The highest BCUT2D eigenvalue weighted by atomic mass is 32.2. The zero-order valence-corrected chi connectivity index (χ0v) is 20.9. The summed E-state index contributed by atoms with van der Waals surface area (Å²) in [7, 11) is -4.05. The SMILES string of the molecule is NN=CNCCCCC(=O)NCC1CCCN1C(=O)C(CO)NS(=O)(=O)c1ccc2ccccc2c1. The number of carbonyl (C=O) groups is 2. The van der Waals surface area contributed by atoms with Crippen LogP contribution in [0.15, 0.2) is 52.5 Å². The second-order valence-corrected chi connectivity index (χ2v) is 10.4. The van der Waals surface area contributed by atoms with Crippen molar-refractivity contribution in [2.24, 2.45) is 10.9 Å². The summed E-state index contributed by atoms with van der Waals surface area (Å²) >= 11 is 0. The smallest absolute Gasteiger partial charge is 0.243 e. The van der Waals surface area contributed by atoms with E-state index in [0.717, 1.165) is 23.6 Å². The Morgan fingerprint density at radius 1 is 1.19 bits per heavy atom. The number of benzene rings is 2. The number of rotatable bonds is 13. The molecular weight excluding hydrogens is 484 g/mol. The van der Waals surface area contributed by atoms with Crippen LogP contribution in [0.1, 0.15) is 32.1 Å². The van der Waals surface area contributed by atoms with Gasteiger partial charge in [0.15, 0.2) is 0 Å². The Hall–Kier alpha value is -3.22. The third-order valence-corrected chi connectivity index (χ3v) is 7.61. The number of fused-ring (bicyclic) bond motifs is 1. The zero-order chi connectivity index (χ0) is 26.0. The van der Waals surface area contributed by atoms with Crippen LogP contribution >= 0.6 is 0 Å². The zero-order valence-electron chi connectivity index (χ0n) is 20.1. The summed E-state index contributed by atoms with van der Waals surface area (Å²) in [6.45, 7) is 0.695. The van der Waals surface area contributed by atoms with E-state index in [1.807, 2.05) is 18.2 Å². The highest BCUT2D eigenvalue weighted by Crippen LogP contribution is 2.21. The summed E-state index contributed by atoms with van der Waals surface area (Å²) in [6, 6.07) is 10.5. The van der Waals surface area contributed by atoms with E-state index in [9.17, 15) is 23.1 Å². The summed E-state index contributed by atoms with van der Waals surface area (Å²) in [5.74, 6) is 4.37. The van der Waals surface area contributed by atoms with Crippen LogP contribution in [0.3, 0.4) is 0 Å². The Bertz CT molecular complexity index is 1170. The van der Waals surface area contributed by atoms with Crippen LogP contribution in [0.4, 0.5) is 0 Å². The van der Waals surface area contributed by atoms with Gasteiger partial charge in [-0.1, -0.05) is 30.3 Å². The maximum absolute atomic E-state index is 13.2. The Balaban J connectivity index is 1.55. The maximum atomic E-state index is 13.2. The van der Waals surface area contributed by atoms with Gasteiger partial charge in [0.2, 0.25) is 21.8 Å². The van der Waals surface area contributed by atoms with Crippen molar-refractivity contribution in [2.75, 3.05) is 26.2 Å². The minimum Gasteiger partial charge on any atom is -0.394 e. The van der Waals surface area contributed by atoms with Crippen molar-refractivity contribution >= 4 is 38.9 Å². The van der Waals surface area contributed by atoms with Crippen LogP contribution in [0.25, 0.3) is 10.8 Å². The molecule has 2 amide bonds. The molecule has 6 N–H and O–H groups in total. The third-order valence-electron chi connectivity index (χ3n) is 6.15. The molecule has 11 nitrogen and oxygen atoms in total. The lowest BCUT2D eigenvalue weighted by atomic mass is 10.1. The Labute approximate surface area is 211 Å². The molecule has 1 saturated heterocycles. The molecule has 36 heavy (non-hydrogen) atoms. The Morgan fingerprint density at radius 2 is 1.97 bits per heavy atom. The highest BCUT2D eigenvalue weighted by Gasteiger charge is 2.35. The number of nitrogens with zero attached hydrogens (tertiary/aromatic N) is 2. The van der Waals surface area contributed by atoms with E-state index in [-0.39, 0.29) is 23.4 Å². The van der Waals surface area contributed by atoms with Crippen molar-refractivity contribution < 1.29 is 23.1 Å². The topological polar surface area (TPSA) is 166 Å². The van der Waals surface area contributed by atoms with Gasteiger partial charge in [-0.2, -0.15) is 9.82 Å². The number of aliphatic hydroxyl groups is 1. The molecule has 0 spiro atoms. The number of nitrogens with one attached hydrogen (secondary N) is 3. The van der Waals surface area contributed by atoms with Gasteiger partial charge in [-0.05, 0) is 48.6 Å². The second kappa shape index (κ2) is 13.2. The maximum Gasteiger partial charge on any atom is 0.243 e. The number of unbranched alkanes of at least 4 members (excludes halogenated alkanes) is 1. The summed E-state index contributed by atoms with van der Waals surface area (Å²) < 4.78 is 28.3. The molecule has 1 aliphatic rings. The first-order chi connectivity index (χ1) is 17.4. The number of carbonyl (C=O) groups excluding carboxylic acids is 2. The predicted molar refractivity (Wildman–Crippen MR) is 137 cm³/mol. The Morgan fingerprint density at radius 3 is 2.72 bits per heavy atom. The fraction of sp³-hybridized carbons (Fsp3) is 0.458. The van der Waals surface area contributed by atoms with E-state index in [0.29, 0.717) is 32.4 Å². The van der Waals surface area contributed by atoms with Crippen LogP contribution < -0.4 is 21.2 Å². The minimum absolute atomic E-state index is 0.0168. The predicted octanol–water partition coefficient (Wildman–Crippen LogP) is 0.248. The number of hydrogen-bond acceptors (Lipinski definition) is 7.